The van der Waals surface area contributed by atoms with E-state index in [9.17, 15) is 15.0 Å². The molecule has 148 valence electrons. The van der Waals surface area contributed by atoms with Crippen molar-refractivity contribution in [3.05, 3.63) is 24.3 Å². The fourth-order valence-corrected chi connectivity index (χ4v) is 5.04. The summed E-state index contributed by atoms with van der Waals surface area (Å²) in [6.07, 6.45) is 8.58. The average Bonchev–Trinajstić information content (AvgIpc) is 2.74. The lowest BCUT2D eigenvalue weighted by atomic mass is 9.69. The van der Waals surface area contributed by atoms with Crippen LogP contribution in [-0.4, -0.2) is 33.5 Å². The first-order chi connectivity index (χ1) is 11.8. The minimum Gasteiger partial charge on any atom is -0.458 e. The molecule has 0 aliphatic heterocycles. The summed E-state index contributed by atoms with van der Waals surface area (Å²) in [5.74, 6) is 0.324. The minimum absolute atomic E-state index is 0.0498. The fourth-order valence-electron chi connectivity index (χ4n) is 5.04. The molecule has 0 aromatic heterocycles. The normalized spacial score (nSPS) is 35.0. The van der Waals surface area contributed by atoms with E-state index in [4.69, 9.17) is 4.74 Å². The van der Waals surface area contributed by atoms with Crippen molar-refractivity contribution in [2.45, 2.75) is 90.4 Å². The molecule has 4 nitrogen and oxygen atoms in total. The number of hydrogen-bond acceptors (Lipinski definition) is 4. The predicted molar refractivity (Wildman–Crippen MR) is 104 cm³/mol. The molecule has 2 N–H and O–H groups in total. The number of hydrogen-bond donors (Lipinski definition) is 2. The molecule has 4 heteroatoms. The number of esters is 1. The molecule has 2 aliphatic rings. The van der Waals surface area contributed by atoms with E-state index in [1.54, 1.807) is 19.9 Å². The molecular formula is C22H36O4. The Kier molecular flexibility index (Phi) is 6.09. The first-order valence-corrected chi connectivity index (χ1v) is 9.81. The van der Waals surface area contributed by atoms with Crippen molar-refractivity contribution in [2.75, 3.05) is 0 Å². The van der Waals surface area contributed by atoms with E-state index < -0.39 is 11.2 Å². The summed E-state index contributed by atoms with van der Waals surface area (Å²) in [7, 11) is 0. The van der Waals surface area contributed by atoms with Gasteiger partial charge in [0, 0.05) is 6.92 Å². The van der Waals surface area contributed by atoms with Gasteiger partial charge in [-0.25, -0.2) is 0 Å². The standard InChI is InChI=1S/C22H36O4/c1-15-8-9-17-18(22(6,25)12-7-11-20(3,4)24)10-13-21(17,5)14-19(15)26-16(2)23/h7,11,17-19,24-25H,1,8-10,12-14H2,2-6H3/b11-7+/t17-,18-,19-,21+,22-/m0/s1. The van der Waals surface area contributed by atoms with Crippen LogP contribution in [0.5, 0.6) is 0 Å². The van der Waals surface area contributed by atoms with E-state index in [0.29, 0.717) is 12.3 Å². The summed E-state index contributed by atoms with van der Waals surface area (Å²) >= 11 is 0. The Morgan fingerprint density at radius 2 is 2.00 bits per heavy atom. The molecule has 2 rings (SSSR count). The summed E-state index contributed by atoms with van der Waals surface area (Å²) in [6.45, 7) is 13.3. The van der Waals surface area contributed by atoms with E-state index in [2.05, 4.69) is 13.5 Å². The Balaban J connectivity index is 2.16. The average molecular weight is 365 g/mol. The predicted octanol–water partition coefficient (Wildman–Crippen LogP) is 4.16. The van der Waals surface area contributed by atoms with Gasteiger partial charge in [0.05, 0.1) is 11.2 Å². The van der Waals surface area contributed by atoms with Gasteiger partial charge in [-0.3, -0.25) is 4.79 Å². The molecule has 0 aromatic carbocycles. The fraction of sp³-hybridized carbons (Fsp3) is 0.773. The van der Waals surface area contributed by atoms with Crippen LogP contribution in [-0.2, 0) is 9.53 Å². The van der Waals surface area contributed by atoms with Gasteiger partial charge in [-0.15, -0.1) is 0 Å². The molecule has 0 amide bonds. The maximum absolute atomic E-state index is 11.5. The summed E-state index contributed by atoms with van der Waals surface area (Å²) < 4.78 is 5.54. The second kappa shape index (κ2) is 7.47. The Morgan fingerprint density at radius 1 is 1.35 bits per heavy atom. The maximum Gasteiger partial charge on any atom is 0.303 e. The largest absolute Gasteiger partial charge is 0.458 e. The number of rotatable bonds is 5. The molecule has 0 aromatic rings. The molecule has 2 aliphatic carbocycles. The topological polar surface area (TPSA) is 66.8 Å². The highest BCUT2D eigenvalue weighted by molar-refractivity contribution is 5.66. The van der Waals surface area contributed by atoms with Gasteiger partial charge in [0.25, 0.3) is 0 Å². The van der Waals surface area contributed by atoms with Gasteiger partial charge in [0.1, 0.15) is 6.10 Å². The lowest BCUT2D eigenvalue weighted by Crippen LogP contribution is -2.40. The highest BCUT2D eigenvalue weighted by Crippen LogP contribution is 2.57. The quantitative estimate of drug-likeness (QED) is 0.568. The zero-order chi connectivity index (χ0) is 19.8. The third-order valence-corrected chi connectivity index (χ3v) is 6.45. The second-order valence-corrected chi connectivity index (χ2v) is 9.52. The monoisotopic (exact) mass is 364 g/mol. The van der Waals surface area contributed by atoms with Crippen LogP contribution in [0.1, 0.15) is 73.1 Å². The second-order valence-electron chi connectivity index (χ2n) is 9.52. The molecule has 0 spiro atoms. The van der Waals surface area contributed by atoms with Crippen LogP contribution < -0.4 is 0 Å². The summed E-state index contributed by atoms with van der Waals surface area (Å²) in [5, 5.41) is 21.0. The Labute approximate surface area is 158 Å². The minimum atomic E-state index is -0.864. The van der Waals surface area contributed by atoms with E-state index in [-0.39, 0.29) is 23.4 Å². The van der Waals surface area contributed by atoms with Gasteiger partial charge in [-0.2, -0.15) is 0 Å². The lowest BCUT2D eigenvalue weighted by Gasteiger charge is -2.39. The van der Waals surface area contributed by atoms with Crippen molar-refractivity contribution >= 4 is 5.97 Å². The van der Waals surface area contributed by atoms with Gasteiger partial charge in [0.15, 0.2) is 0 Å². The number of carbonyl (C=O) groups excluding carboxylic acids is 1. The number of carbonyl (C=O) groups is 1. The SMILES string of the molecule is C=C1CC[C@H]2[C@@H]([C@@](C)(O)C/C=C/C(C)(C)O)CC[C@]2(C)C[C@@H]1OC(C)=O. The number of aliphatic hydroxyl groups is 2. The van der Waals surface area contributed by atoms with Crippen molar-refractivity contribution in [1.29, 1.82) is 0 Å². The molecule has 2 saturated carbocycles. The molecule has 0 saturated heterocycles. The molecule has 26 heavy (non-hydrogen) atoms. The van der Waals surface area contributed by atoms with E-state index in [0.717, 1.165) is 37.7 Å². The van der Waals surface area contributed by atoms with Crippen molar-refractivity contribution in [3.8, 4) is 0 Å². The first-order valence-electron chi connectivity index (χ1n) is 9.81. The lowest BCUT2D eigenvalue weighted by molar-refractivity contribution is -0.146. The van der Waals surface area contributed by atoms with Crippen molar-refractivity contribution in [1.82, 2.24) is 0 Å². The van der Waals surface area contributed by atoms with Gasteiger partial charge in [0.2, 0.25) is 0 Å². The van der Waals surface area contributed by atoms with Gasteiger partial charge < -0.3 is 14.9 Å². The van der Waals surface area contributed by atoms with Crippen LogP contribution in [0, 0.1) is 17.3 Å². The van der Waals surface area contributed by atoms with E-state index >= 15 is 0 Å². The van der Waals surface area contributed by atoms with Crippen molar-refractivity contribution in [3.63, 3.8) is 0 Å². The smallest absolute Gasteiger partial charge is 0.303 e. The van der Waals surface area contributed by atoms with E-state index in [1.165, 1.54) is 6.92 Å². The summed E-state index contributed by atoms with van der Waals surface area (Å²) in [6, 6.07) is 0. The summed E-state index contributed by atoms with van der Waals surface area (Å²) in [4.78, 5) is 11.5. The van der Waals surface area contributed by atoms with Crippen LogP contribution >= 0.6 is 0 Å². The zero-order valence-electron chi connectivity index (χ0n) is 17.0. The molecule has 0 heterocycles. The van der Waals surface area contributed by atoms with Crippen LogP contribution in [0.15, 0.2) is 24.3 Å². The Bertz CT molecular complexity index is 569. The number of ether oxygens (including phenoxy) is 1. The molecule has 5 atom stereocenters. The van der Waals surface area contributed by atoms with Gasteiger partial charge in [-0.1, -0.05) is 25.7 Å². The molecule has 0 radical (unpaired) electrons. The molecule has 2 fully saturated rings. The third kappa shape index (κ3) is 4.98. The van der Waals surface area contributed by atoms with E-state index in [1.807, 2.05) is 13.0 Å². The summed E-state index contributed by atoms with van der Waals surface area (Å²) in [5.41, 5.74) is -0.630. The molecule has 0 bridgehead atoms. The van der Waals surface area contributed by atoms with Crippen molar-refractivity contribution < 1.29 is 19.7 Å². The van der Waals surface area contributed by atoms with Gasteiger partial charge in [-0.05, 0) is 82.1 Å². The third-order valence-electron chi connectivity index (χ3n) is 6.45. The molecule has 0 unspecified atom stereocenters. The van der Waals surface area contributed by atoms with Crippen LogP contribution in [0.25, 0.3) is 0 Å². The highest BCUT2D eigenvalue weighted by atomic mass is 16.5. The maximum atomic E-state index is 11.5. The zero-order valence-corrected chi connectivity index (χ0v) is 17.0. The highest BCUT2D eigenvalue weighted by Gasteiger charge is 2.52. The Morgan fingerprint density at radius 3 is 2.58 bits per heavy atom. The van der Waals surface area contributed by atoms with Gasteiger partial charge >= 0.3 is 5.97 Å². The van der Waals surface area contributed by atoms with Crippen LogP contribution in [0.4, 0.5) is 0 Å². The number of fused-ring (bicyclic) bond motifs is 1. The Hall–Kier alpha value is -1.13. The van der Waals surface area contributed by atoms with Crippen LogP contribution in [0.2, 0.25) is 0 Å². The molecular weight excluding hydrogens is 328 g/mol. The first kappa shape index (κ1) is 21.2. The van der Waals surface area contributed by atoms with Crippen LogP contribution in [0.3, 0.4) is 0 Å². The van der Waals surface area contributed by atoms with Crippen molar-refractivity contribution in [2.24, 2.45) is 17.3 Å².